The first-order valence-electron chi connectivity index (χ1n) is 5.46. The number of carboxylic acids is 1. The van der Waals surface area contributed by atoms with Gasteiger partial charge in [0.25, 0.3) is 0 Å². The Morgan fingerprint density at radius 2 is 2.22 bits per heavy atom. The lowest BCUT2D eigenvalue weighted by Crippen LogP contribution is -2.34. The number of nitrogens with zero attached hydrogens (tertiary/aromatic N) is 1. The molecule has 2 rings (SSSR count). The van der Waals surface area contributed by atoms with Crippen LogP contribution >= 0.6 is 0 Å². The smallest absolute Gasteiger partial charge is 0.410 e. The Labute approximate surface area is 103 Å². The maximum atomic E-state index is 13.5. The third kappa shape index (κ3) is 2.58. The van der Waals surface area contributed by atoms with Crippen molar-refractivity contribution in [2.24, 2.45) is 0 Å². The van der Waals surface area contributed by atoms with Gasteiger partial charge >= 0.3 is 12.1 Å². The standard InChI is InChI=1S/C12H12FNO4/c13-10-4-2-1-3-8(10)6-14-9(5-11(15)16)7-18-12(14)17/h1-4,9H,5-7H2,(H,15,16). The lowest BCUT2D eigenvalue weighted by atomic mass is 10.1. The number of aliphatic carboxylic acids is 1. The van der Waals surface area contributed by atoms with E-state index in [0.29, 0.717) is 5.56 Å². The Bertz CT molecular complexity index is 477. The summed E-state index contributed by atoms with van der Waals surface area (Å²) in [6.45, 7) is 0.0447. The Kier molecular flexibility index (Phi) is 3.45. The van der Waals surface area contributed by atoms with E-state index >= 15 is 0 Å². The van der Waals surface area contributed by atoms with Crippen molar-refractivity contribution in [3.8, 4) is 0 Å². The van der Waals surface area contributed by atoms with Crippen LogP contribution in [0.2, 0.25) is 0 Å². The van der Waals surface area contributed by atoms with Crippen LogP contribution in [0.3, 0.4) is 0 Å². The van der Waals surface area contributed by atoms with Crippen molar-refractivity contribution < 1.29 is 23.8 Å². The van der Waals surface area contributed by atoms with E-state index in [1.807, 2.05) is 0 Å². The van der Waals surface area contributed by atoms with Crippen molar-refractivity contribution in [3.63, 3.8) is 0 Å². The van der Waals surface area contributed by atoms with Gasteiger partial charge in [-0.15, -0.1) is 0 Å². The van der Waals surface area contributed by atoms with Gasteiger partial charge in [-0.2, -0.15) is 0 Å². The molecule has 96 valence electrons. The highest BCUT2D eigenvalue weighted by Gasteiger charge is 2.34. The fourth-order valence-corrected chi connectivity index (χ4v) is 1.86. The van der Waals surface area contributed by atoms with Crippen LogP contribution in [0.25, 0.3) is 0 Å². The Hall–Kier alpha value is -2.11. The number of hydrogen-bond donors (Lipinski definition) is 1. The van der Waals surface area contributed by atoms with Gasteiger partial charge < -0.3 is 9.84 Å². The molecule has 1 heterocycles. The summed E-state index contributed by atoms with van der Waals surface area (Å²) >= 11 is 0. The van der Waals surface area contributed by atoms with Crippen molar-refractivity contribution >= 4 is 12.1 Å². The summed E-state index contributed by atoms with van der Waals surface area (Å²) in [7, 11) is 0. The summed E-state index contributed by atoms with van der Waals surface area (Å²) in [5.74, 6) is -1.44. The average molecular weight is 253 g/mol. The summed E-state index contributed by atoms with van der Waals surface area (Å²) in [5.41, 5.74) is 0.340. The largest absolute Gasteiger partial charge is 0.481 e. The quantitative estimate of drug-likeness (QED) is 0.885. The van der Waals surface area contributed by atoms with Gasteiger partial charge in [0.15, 0.2) is 0 Å². The lowest BCUT2D eigenvalue weighted by Gasteiger charge is -2.20. The van der Waals surface area contributed by atoms with Crippen LogP contribution in [0.4, 0.5) is 9.18 Å². The number of carbonyl (C=O) groups excluding carboxylic acids is 1. The number of rotatable bonds is 4. The molecule has 0 aromatic heterocycles. The van der Waals surface area contributed by atoms with Crippen LogP contribution < -0.4 is 0 Å². The van der Waals surface area contributed by atoms with E-state index in [9.17, 15) is 14.0 Å². The predicted molar refractivity (Wildman–Crippen MR) is 59.3 cm³/mol. The van der Waals surface area contributed by atoms with Gasteiger partial charge in [0.2, 0.25) is 0 Å². The average Bonchev–Trinajstić information content (AvgIpc) is 2.64. The van der Waals surface area contributed by atoms with Gasteiger partial charge in [-0.05, 0) is 6.07 Å². The zero-order valence-electron chi connectivity index (χ0n) is 9.51. The van der Waals surface area contributed by atoms with E-state index in [1.54, 1.807) is 18.2 Å². The Balaban J connectivity index is 2.13. The summed E-state index contributed by atoms with van der Waals surface area (Å²) in [6.07, 6.45) is -0.815. The number of ether oxygens (including phenoxy) is 1. The topological polar surface area (TPSA) is 66.8 Å². The zero-order valence-corrected chi connectivity index (χ0v) is 9.51. The molecule has 1 amide bonds. The molecule has 1 unspecified atom stereocenters. The number of hydrogen-bond acceptors (Lipinski definition) is 3. The molecule has 1 aliphatic rings. The molecular weight excluding hydrogens is 241 g/mol. The van der Waals surface area contributed by atoms with Crippen molar-refractivity contribution in [2.75, 3.05) is 6.61 Å². The van der Waals surface area contributed by atoms with Gasteiger partial charge in [-0.25, -0.2) is 9.18 Å². The normalized spacial score (nSPS) is 18.8. The van der Waals surface area contributed by atoms with E-state index in [4.69, 9.17) is 9.84 Å². The molecular formula is C12H12FNO4. The number of amides is 1. The van der Waals surface area contributed by atoms with Gasteiger partial charge in [-0.1, -0.05) is 18.2 Å². The molecule has 6 heteroatoms. The van der Waals surface area contributed by atoms with Gasteiger partial charge in [0.1, 0.15) is 12.4 Å². The van der Waals surface area contributed by atoms with Gasteiger partial charge in [0.05, 0.1) is 19.0 Å². The number of halogens is 1. The molecule has 0 spiro atoms. The first-order valence-corrected chi connectivity index (χ1v) is 5.46. The molecule has 1 fully saturated rings. The number of carbonyl (C=O) groups is 2. The lowest BCUT2D eigenvalue weighted by molar-refractivity contribution is -0.138. The summed E-state index contributed by atoms with van der Waals surface area (Å²) in [5, 5.41) is 8.73. The third-order valence-electron chi connectivity index (χ3n) is 2.78. The summed E-state index contributed by atoms with van der Waals surface area (Å²) in [6, 6.07) is 5.51. The molecule has 0 saturated carbocycles. The highest BCUT2D eigenvalue weighted by Crippen LogP contribution is 2.20. The van der Waals surface area contributed by atoms with Crippen molar-refractivity contribution in [1.29, 1.82) is 0 Å². The minimum Gasteiger partial charge on any atom is -0.481 e. The molecule has 0 radical (unpaired) electrons. The minimum atomic E-state index is -1.02. The number of carboxylic acid groups (broad SMARTS) is 1. The first-order chi connectivity index (χ1) is 8.58. The number of cyclic esters (lactones) is 1. The third-order valence-corrected chi connectivity index (χ3v) is 2.78. The summed E-state index contributed by atoms with van der Waals surface area (Å²) < 4.78 is 18.3. The van der Waals surface area contributed by atoms with Crippen molar-refractivity contribution in [3.05, 3.63) is 35.6 Å². The van der Waals surface area contributed by atoms with Crippen LogP contribution in [0, 0.1) is 5.82 Å². The zero-order chi connectivity index (χ0) is 13.1. The molecule has 0 bridgehead atoms. The second kappa shape index (κ2) is 5.03. The fourth-order valence-electron chi connectivity index (χ4n) is 1.86. The fraction of sp³-hybridized carbons (Fsp3) is 0.333. The second-order valence-corrected chi connectivity index (χ2v) is 4.05. The van der Waals surface area contributed by atoms with E-state index < -0.39 is 23.9 Å². The molecule has 1 atom stereocenters. The molecule has 1 aliphatic heterocycles. The van der Waals surface area contributed by atoms with Crippen LogP contribution in [0.15, 0.2) is 24.3 Å². The van der Waals surface area contributed by atoms with E-state index in [0.717, 1.165) is 0 Å². The molecule has 1 aromatic rings. The highest BCUT2D eigenvalue weighted by atomic mass is 19.1. The van der Waals surface area contributed by atoms with E-state index in [1.165, 1.54) is 11.0 Å². The van der Waals surface area contributed by atoms with Crippen LogP contribution in [0.1, 0.15) is 12.0 Å². The second-order valence-electron chi connectivity index (χ2n) is 4.05. The van der Waals surface area contributed by atoms with Crippen LogP contribution in [-0.2, 0) is 16.1 Å². The first kappa shape index (κ1) is 12.3. The van der Waals surface area contributed by atoms with Crippen molar-refractivity contribution in [1.82, 2.24) is 4.90 Å². The summed E-state index contributed by atoms with van der Waals surface area (Å²) in [4.78, 5) is 23.4. The van der Waals surface area contributed by atoms with E-state index in [-0.39, 0.29) is 19.6 Å². The van der Waals surface area contributed by atoms with Gasteiger partial charge in [0, 0.05) is 5.56 Å². The molecule has 1 saturated heterocycles. The molecule has 1 N–H and O–H groups in total. The predicted octanol–water partition coefficient (Wildman–Crippen LogP) is 1.62. The molecule has 5 nitrogen and oxygen atoms in total. The minimum absolute atomic E-state index is 0.0173. The van der Waals surface area contributed by atoms with Gasteiger partial charge in [-0.3, -0.25) is 9.69 Å². The molecule has 0 aliphatic carbocycles. The van der Waals surface area contributed by atoms with Crippen LogP contribution in [-0.4, -0.2) is 34.7 Å². The van der Waals surface area contributed by atoms with E-state index in [2.05, 4.69) is 0 Å². The number of benzene rings is 1. The Morgan fingerprint density at radius 1 is 1.50 bits per heavy atom. The molecule has 1 aromatic carbocycles. The maximum Gasteiger partial charge on any atom is 0.410 e. The SMILES string of the molecule is O=C(O)CC1COC(=O)N1Cc1ccccc1F. The molecule has 18 heavy (non-hydrogen) atoms. The highest BCUT2D eigenvalue weighted by molar-refractivity contribution is 5.73. The van der Waals surface area contributed by atoms with Crippen molar-refractivity contribution in [2.45, 2.75) is 19.0 Å². The Morgan fingerprint density at radius 3 is 2.89 bits per heavy atom. The monoisotopic (exact) mass is 253 g/mol. The maximum absolute atomic E-state index is 13.5. The van der Waals surface area contributed by atoms with Crippen LogP contribution in [0.5, 0.6) is 0 Å².